The van der Waals surface area contributed by atoms with E-state index in [2.05, 4.69) is 10.3 Å². The number of benzene rings is 1. The number of nitrogens with zero attached hydrogens (tertiary/aromatic N) is 2. The molecule has 1 atom stereocenters. The third kappa shape index (κ3) is 1.88. The number of nitrogens with two attached hydrogens (primary N) is 1. The lowest BCUT2D eigenvalue weighted by atomic mass is 10.1. The van der Waals surface area contributed by atoms with Crippen molar-refractivity contribution in [3.05, 3.63) is 23.2 Å². The van der Waals surface area contributed by atoms with Crippen LogP contribution in [0.15, 0.2) is 18.3 Å². The van der Waals surface area contributed by atoms with Crippen LogP contribution in [0, 0.1) is 0 Å². The highest BCUT2D eigenvalue weighted by molar-refractivity contribution is 7.21. The number of carbonyl (C=O) groups excluding carboxylic acids is 1. The van der Waals surface area contributed by atoms with E-state index in [-0.39, 0.29) is 12.1 Å². The smallest absolute Gasteiger partial charge is 0.350 e. The van der Waals surface area contributed by atoms with E-state index >= 15 is 0 Å². The quantitative estimate of drug-likeness (QED) is 0.557. The zero-order valence-corrected chi connectivity index (χ0v) is 13.4. The summed E-state index contributed by atoms with van der Waals surface area (Å²) in [5.74, 6) is 0.163. The van der Waals surface area contributed by atoms with Crippen molar-refractivity contribution in [1.82, 2.24) is 4.98 Å². The number of aromatic nitrogens is 2. The molecular formula is C15H15N4O3S+. The summed E-state index contributed by atoms with van der Waals surface area (Å²) < 4.78 is 13.2. The molecule has 3 heterocycles. The fourth-order valence-electron chi connectivity index (χ4n) is 2.97. The first-order valence-corrected chi connectivity index (χ1v) is 7.90. The molecule has 0 bridgehead atoms. The van der Waals surface area contributed by atoms with E-state index in [0.717, 1.165) is 26.8 Å². The van der Waals surface area contributed by atoms with Crippen molar-refractivity contribution in [1.29, 1.82) is 0 Å². The summed E-state index contributed by atoms with van der Waals surface area (Å²) in [4.78, 5) is 17.1. The predicted molar refractivity (Wildman–Crippen MR) is 86.9 cm³/mol. The molecule has 23 heavy (non-hydrogen) atoms. The van der Waals surface area contributed by atoms with E-state index in [9.17, 15) is 4.79 Å². The number of ether oxygens (including phenoxy) is 2. The van der Waals surface area contributed by atoms with Crippen LogP contribution in [0.2, 0.25) is 0 Å². The zero-order valence-electron chi connectivity index (χ0n) is 12.6. The van der Waals surface area contributed by atoms with Crippen LogP contribution in [0.4, 0.5) is 5.69 Å². The van der Waals surface area contributed by atoms with Crippen molar-refractivity contribution in [2.75, 3.05) is 26.1 Å². The summed E-state index contributed by atoms with van der Waals surface area (Å²) in [7, 11) is 2.96. The normalized spacial score (nSPS) is 15.9. The van der Waals surface area contributed by atoms with Crippen molar-refractivity contribution in [3.63, 3.8) is 0 Å². The third-order valence-electron chi connectivity index (χ3n) is 4.00. The first-order valence-electron chi connectivity index (χ1n) is 7.08. The van der Waals surface area contributed by atoms with Gasteiger partial charge in [0.25, 0.3) is 5.88 Å². The van der Waals surface area contributed by atoms with Crippen molar-refractivity contribution in [3.8, 4) is 5.88 Å². The maximum Gasteiger partial charge on any atom is 0.350 e. The predicted octanol–water partition coefficient (Wildman–Crippen LogP) is 1.41. The molecule has 1 aliphatic heterocycles. The van der Waals surface area contributed by atoms with Crippen LogP contribution in [0.5, 0.6) is 5.88 Å². The minimum absolute atomic E-state index is 0.189. The Labute approximate surface area is 135 Å². The van der Waals surface area contributed by atoms with Crippen LogP contribution in [-0.2, 0) is 4.74 Å². The number of hydrogen-bond donors (Lipinski definition) is 2. The molecule has 7 nitrogen and oxygen atoms in total. The van der Waals surface area contributed by atoms with E-state index < -0.39 is 0 Å². The fraction of sp³-hybridized carbons (Fsp3) is 0.267. The van der Waals surface area contributed by atoms with Crippen LogP contribution >= 0.6 is 11.3 Å². The lowest BCUT2D eigenvalue weighted by molar-refractivity contribution is -0.690. The first-order chi connectivity index (χ1) is 11.2. The average Bonchev–Trinajstić information content (AvgIpc) is 2.97. The molecule has 118 valence electrons. The van der Waals surface area contributed by atoms with E-state index in [1.165, 1.54) is 18.4 Å². The van der Waals surface area contributed by atoms with Crippen LogP contribution in [0.3, 0.4) is 0 Å². The Balaban J connectivity index is 2.15. The number of methoxy groups -OCH3 is 2. The standard InChI is InChI=1S/C15H14N4O3S/c1-21-10-6-19-9(5-16)18-12-11-8(23-14(12)15(20)22-2)4-3-7(17-10)13(11)19/h3-4,6,9H,5,16H2,1-2H3/p+1. The molecule has 0 fully saturated rings. The van der Waals surface area contributed by atoms with Gasteiger partial charge < -0.3 is 20.5 Å². The number of rotatable bonds is 3. The Hall–Kier alpha value is -2.45. The fourth-order valence-corrected chi connectivity index (χ4v) is 4.06. The molecule has 3 aromatic rings. The maximum atomic E-state index is 12.1. The number of hydrogen-bond acceptors (Lipinski definition) is 7. The van der Waals surface area contributed by atoms with Crippen molar-refractivity contribution < 1.29 is 18.8 Å². The van der Waals surface area contributed by atoms with E-state index in [0.29, 0.717) is 17.3 Å². The Morgan fingerprint density at radius 2 is 2.30 bits per heavy atom. The van der Waals surface area contributed by atoms with Crippen LogP contribution in [0.1, 0.15) is 15.8 Å². The molecule has 1 aromatic carbocycles. The topological polar surface area (TPSA) is 90.3 Å². The molecule has 4 rings (SSSR count). The van der Waals surface area contributed by atoms with Gasteiger partial charge in [0.1, 0.15) is 10.4 Å². The minimum atomic E-state index is -0.354. The van der Waals surface area contributed by atoms with E-state index in [1.807, 2.05) is 22.9 Å². The maximum absolute atomic E-state index is 12.1. The molecule has 1 unspecified atom stereocenters. The Morgan fingerprint density at radius 3 is 3.00 bits per heavy atom. The molecule has 0 saturated carbocycles. The van der Waals surface area contributed by atoms with E-state index in [1.54, 1.807) is 7.11 Å². The molecule has 2 aromatic heterocycles. The summed E-state index contributed by atoms with van der Waals surface area (Å²) in [6.45, 7) is 0.360. The van der Waals surface area contributed by atoms with Gasteiger partial charge in [-0.2, -0.15) is 4.57 Å². The summed E-state index contributed by atoms with van der Waals surface area (Å²) in [5, 5.41) is 4.32. The summed E-state index contributed by atoms with van der Waals surface area (Å²) in [5.41, 5.74) is 8.44. The Bertz CT molecular complexity index is 953. The molecule has 0 radical (unpaired) electrons. The number of esters is 1. The largest absolute Gasteiger partial charge is 0.477 e. The van der Waals surface area contributed by atoms with Crippen molar-refractivity contribution >= 4 is 44.1 Å². The summed E-state index contributed by atoms with van der Waals surface area (Å²) in [6, 6.07) is 3.89. The number of anilines is 1. The van der Waals surface area contributed by atoms with Crippen LogP contribution < -0.4 is 20.4 Å². The minimum Gasteiger partial charge on any atom is -0.477 e. The summed E-state index contributed by atoms with van der Waals surface area (Å²) in [6.07, 6.45) is 1.63. The van der Waals surface area contributed by atoms with Gasteiger partial charge in [0, 0.05) is 4.70 Å². The molecule has 3 N–H and O–H groups in total. The first kappa shape index (κ1) is 14.2. The molecule has 0 amide bonds. The Kier molecular flexibility index (Phi) is 3.10. The van der Waals surface area contributed by atoms with Crippen LogP contribution in [-0.4, -0.2) is 31.7 Å². The van der Waals surface area contributed by atoms with Gasteiger partial charge in [-0.3, -0.25) is 0 Å². The molecular weight excluding hydrogens is 316 g/mol. The Morgan fingerprint density at radius 1 is 1.48 bits per heavy atom. The van der Waals surface area contributed by atoms with Crippen molar-refractivity contribution in [2.24, 2.45) is 5.73 Å². The number of nitrogens with one attached hydrogen (secondary N) is 1. The highest BCUT2D eigenvalue weighted by Gasteiger charge is 2.35. The lowest BCUT2D eigenvalue weighted by Crippen LogP contribution is -2.50. The van der Waals surface area contributed by atoms with Gasteiger partial charge in [-0.1, -0.05) is 0 Å². The monoisotopic (exact) mass is 331 g/mol. The average molecular weight is 331 g/mol. The lowest BCUT2D eigenvalue weighted by Gasteiger charge is -2.20. The SMILES string of the molecule is COC(=O)c1sc2ccc3nc(OC)c[n+]4c3c2c1NC4CN. The van der Waals surface area contributed by atoms with Gasteiger partial charge in [0.05, 0.1) is 31.8 Å². The zero-order chi connectivity index (χ0) is 16.1. The molecule has 0 saturated heterocycles. The second kappa shape index (κ2) is 5.04. The second-order valence-corrected chi connectivity index (χ2v) is 6.24. The number of carbonyl (C=O) groups is 1. The summed E-state index contributed by atoms with van der Waals surface area (Å²) >= 11 is 1.40. The molecule has 0 aliphatic carbocycles. The van der Waals surface area contributed by atoms with E-state index in [4.69, 9.17) is 15.2 Å². The molecule has 8 heteroatoms. The highest BCUT2D eigenvalue weighted by atomic mass is 32.1. The second-order valence-electron chi connectivity index (χ2n) is 5.19. The van der Waals surface area contributed by atoms with Gasteiger partial charge in [0.2, 0.25) is 17.9 Å². The van der Waals surface area contributed by atoms with Gasteiger partial charge in [-0.25, -0.2) is 9.78 Å². The van der Waals surface area contributed by atoms with Crippen molar-refractivity contribution in [2.45, 2.75) is 6.17 Å². The highest BCUT2D eigenvalue weighted by Crippen LogP contribution is 2.42. The number of thiophene rings is 1. The molecule has 1 aliphatic rings. The van der Waals surface area contributed by atoms with Gasteiger partial charge in [-0.15, -0.1) is 11.3 Å². The van der Waals surface area contributed by atoms with Gasteiger partial charge >= 0.3 is 5.97 Å². The third-order valence-corrected chi connectivity index (χ3v) is 5.13. The molecule has 0 spiro atoms. The van der Waals surface area contributed by atoms with Gasteiger partial charge in [-0.05, 0) is 12.1 Å². The van der Waals surface area contributed by atoms with Gasteiger partial charge in [0.15, 0.2) is 0 Å². The van der Waals surface area contributed by atoms with Crippen LogP contribution in [0.25, 0.3) is 21.1 Å².